The van der Waals surface area contributed by atoms with Gasteiger partial charge in [0.25, 0.3) is 5.91 Å². The van der Waals surface area contributed by atoms with Crippen molar-refractivity contribution < 1.29 is 4.79 Å². The topological polar surface area (TPSA) is 79.7 Å². The molecule has 1 amide bonds. The maximum atomic E-state index is 12.8. The SMILES string of the molecule is CC(C)c1nncn1[C@H]1CCN(C(=O)c2cc(-c3cccs3)[nH]n2)C1. The molecule has 1 N–H and O–H groups in total. The lowest BCUT2D eigenvalue weighted by atomic mass is 10.2. The molecule has 0 spiro atoms. The Labute approximate surface area is 149 Å². The van der Waals surface area contributed by atoms with Crippen molar-refractivity contribution in [3.63, 3.8) is 0 Å². The van der Waals surface area contributed by atoms with Gasteiger partial charge in [-0.1, -0.05) is 19.9 Å². The Morgan fingerprint density at radius 2 is 2.32 bits per heavy atom. The van der Waals surface area contributed by atoms with Crippen LogP contribution >= 0.6 is 11.3 Å². The van der Waals surface area contributed by atoms with Crippen LogP contribution in [0.3, 0.4) is 0 Å². The van der Waals surface area contributed by atoms with Gasteiger partial charge in [-0.3, -0.25) is 9.89 Å². The summed E-state index contributed by atoms with van der Waals surface area (Å²) in [6.45, 7) is 5.60. The third-order valence-corrected chi connectivity index (χ3v) is 5.45. The Bertz CT molecular complexity index is 865. The predicted octanol–water partition coefficient (Wildman–Crippen LogP) is 2.94. The summed E-state index contributed by atoms with van der Waals surface area (Å²) < 4.78 is 2.11. The number of hydrogen-bond acceptors (Lipinski definition) is 5. The minimum Gasteiger partial charge on any atom is -0.335 e. The van der Waals surface area contributed by atoms with E-state index in [9.17, 15) is 4.79 Å². The van der Waals surface area contributed by atoms with Crippen molar-refractivity contribution in [3.05, 3.63) is 41.4 Å². The van der Waals surface area contributed by atoms with Gasteiger partial charge in [0.05, 0.1) is 16.6 Å². The fraction of sp³-hybridized carbons (Fsp3) is 0.412. The molecule has 25 heavy (non-hydrogen) atoms. The van der Waals surface area contributed by atoms with E-state index in [0.717, 1.165) is 29.4 Å². The van der Waals surface area contributed by atoms with E-state index < -0.39 is 0 Å². The molecule has 1 atom stereocenters. The number of H-pyrrole nitrogens is 1. The molecule has 1 saturated heterocycles. The normalized spacial score (nSPS) is 17.6. The van der Waals surface area contributed by atoms with E-state index in [2.05, 4.69) is 38.8 Å². The number of nitrogens with zero attached hydrogens (tertiary/aromatic N) is 5. The summed E-state index contributed by atoms with van der Waals surface area (Å²) in [5.74, 6) is 1.26. The van der Waals surface area contributed by atoms with Crippen LogP contribution in [0, 0.1) is 0 Å². The molecule has 0 saturated carbocycles. The number of likely N-dealkylation sites (tertiary alicyclic amines) is 1. The summed E-state index contributed by atoms with van der Waals surface area (Å²) in [6, 6.07) is 6.06. The molecule has 3 aromatic rings. The zero-order valence-corrected chi connectivity index (χ0v) is 15.0. The van der Waals surface area contributed by atoms with Crippen LogP contribution in [0.4, 0.5) is 0 Å². The molecular formula is C17H20N6OS. The lowest BCUT2D eigenvalue weighted by Crippen LogP contribution is -2.29. The van der Waals surface area contributed by atoms with Crippen molar-refractivity contribution in [2.75, 3.05) is 13.1 Å². The summed E-state index contributed by atoms with van der Waals surface area (Å²) in [4.78, 5) is 15.7. The number of rotatable bonds is 4. The number of amides is 1. The number of hydrogen-bond donors (Lipinski definition) is 1. The Morgan fingerprint density at radius 1 is 1.44 bits per heavy atom. The van der Waals surface area contributed by atoms with E-state index >= 15 is 0 Å². The maximum absolute atomic E-state index is 12.8. The Morgan fingerprint density at radius 3 is 3.08 bits per heavy atom. The van der Waals surface area contributed by atoms with Crippen molar-refractivity contribution in [2.24, 2.45) is 0 Å². The van der Waals surface area contributed by atoms with Gasteiger partial charge >= 0.3 is 0 Å². The fourth-order valence-corrected chi connectivity index (χ4v) is 3.94. The summed E-state index contributed by atoms with van der Waals surface area (Å²) in [5, 5.41) is 17.4. The van der Waals surface area contributed by atoms with E-state index in [1.54, 1.807) is 17.7 Å². The quantitative estimate of drug-likeness (QED) is 0.779. The summed E-state index contributed by atoms with van der Waals surface area (Å²) in [7, 11) is 0. The van der Waals surface area contributed by atoms with Gasteiger partial charge in [-0.05, 0) is 23.9 Å². The molecule has 8 heteroatoms. The maximum Gasteiger partial charge on any atom is 0.274 e. The number of carbonyl (C=O) groups is 1. The van der Waals surface area contributed by atoms with Crippen LogP contribution in [-0.2, 0) is 0 Å². The molecule has 0 radical (unpaired) electrons. The lowest BCUT2D eigenvalue weighted by Gasteiger charge is -2.17. The van der Waals surface area contributed by atoms with Gasteiger partial charge in [-0.15, -0.1) is 21.5 Å². The van der Waals surface area contributed by atoms with Crippen LogP contribution in [0.2, 0.25) is 0 Å². The summed E-state index contributed by atoms with van der Waals surface area (Å²) in [6.07, 6.45) is 2.68. The smallest absolute Gasteiger partial charge is 0.274 e. The van der Waals surface area contributed by atoms with Gasteiger partial charge in [0, 0.05) is 19.0 Å². The van der Waals surface area contributed by atoms with E-state index in [0.29, 0.717) is 18.2 Å². The van der Waals surface area contributed by atoms with Crippen molar-refractivity contribution in [2.45, 2.75) is 32.2 Å². The molecule has 1 aliphatic heterocycles. The highest BCUT2D eigenvalue weighted by Gasteiger charge is 2.30. The summed E-state index contributed by atoms with van der Waals surface area (Å²) >= 11 is 1.62. The third kappa shape index (κ3) is 2.97. The third-order valence-electron chi connectivity index (χ3n) is 4.54. The van der Waals surface area contributed by atoms with E-state index in [1.165, 1.54) is 0 Å². The molecule has 4 rings (SSSR count). The molecule has 4 heterocycles. The number of carbonyl (C=O) groups excluding carboxylic acids is 1. The molecule has 1 fully saturated rings. The van der Waals surface area contributed by atoms with Crippen molar-refractivity contribution in [3.8, 4) is 10.6 Å². The first-order valence-electron chi connectivity index (χ1n) is 8.41. The summed E-state index contributed by atoms with van der Waals surface area (Å²) in [5.41, 5.74) is 1.35. The second kappa shape index (κ2) is 6.44. The van der Waals surface area contributed by atoms with E-state index in [-0.39, 0.29) is 11.9 Å². The Hall–Kier alpha value is -2.48. The molecule has 0 aliphatic carbocycles. The molecule has 3 aromatic heterocycles. The van der Waals surface area contributed by atoms with Gasteiger partial charge in [-0.2, -0.15) is 5.10 Å². The number of nitrogens with one attached hydrogen (secondary N) is 1. The minimum atomic E-state index is -0.0271. The standard InChI is InChI=1S/C17H20N6OS/c1-11(2)16-21-18-10-23(16)12-5-6-22(9-12)17(24)14-8-13(19-20-14)15-4-3-7-25-15/h3-4,7-8,10-12H,5-6,9H2,1-2H3,(H,19,20)/t12-/m0/s1. The van der Waals surface area contributed by atoms with Gasteiger partial charge in [0.2, 0.25) is 0 Å². The van der Waals surface area contributed by atoms with E-state index in [4.69, 9.17) is 0 Å². The fourth-order valence-electron chi connectivity index (χ4n) is 3.25. The average molecular weight is 356 g/mol. The zero-order chi connectivity index (χ0) is 17.4. The highest BCUT2D eigenvalue weighted by molar-refractivity contribution is 7.13. The molecule has 0 bridgehead atoms. The monoisotopic (exact) mass is 356 g/mol. The van der Waals surface area contributed by atoms with Crippen LogP contribution in [-0.4, -0.2) is 48.9 Å². The second-order valence-corrected chi connectivity index (χ2v) is 7.54. The molecule has 130 valence electrons. The number of aromatic amines is 1. The average Bonchev–Trinajstić information content (AvgIpc) is 3.41. The zero-order valence-electron chi connectivity index (χ0n) is 14.2. The Balaban J connectivity index is 1.48. The molecule has 0 aromatic carbocycles. The van der Waals surface area contributed by atoms with Gasteiger partial charge < -0.3 is 9.47 Å². The number of thiophene rings is 1. The van der Waals surface area contributed by atoms with Crippen molar-refractivity contribution in [1.29, 1.82) is 0 Å². The van der Waals surface area contributed by atoms with E-state index in [1.807, 2.05) is 28.5 Å². The lowest BCUT2D eigenvalue weighted by molar-refractivity contribution is 0.0781. The van der Waals surface area contributed by atoms with Gasteiger partial charge in [0.15, 0.2) is 5.69 Å². The van der Waals surface area contributed by atoms with Gasteiger partial charge in [-0.25, -0.2) is 0 Å². The molecule has 7 nitrogen and oxygen atoms in total. The van der Waals surface area contributed by atoms with Crippen LogP contribution < -0.4 is 0 Å². The number of aromatic nitrogens is 5. The largest absolute Gasteiger partial charge is 0.335 e. The minimum absolute atomic E-state index is 0.0271. The first-order chi connectivity index (χ1) is 12.1. The van der Waals surface area contributed by atoms with Crippen LogP contribution in [0.5, 0.6) is 0 Å². The molecule has 1 aliphatic rings. The van der Waals surface area contributed by atoms with Crippen LogP contribution in [0.15, 0.2) is 29.9 Å². The Kier molecular flexibility index (Phi) is 4.12. The van der Waals surface area contributed by atoms with Crippen LogP contribution in [0.25, 0.3) is 10.6 Å². The molecular weight excluding hydrogens is 336 g/mol. The highest BCUT2D eigenvalue weighted by atomic mass is 32.1. The second-order valence-electron chi connectivity index (χ2n) is 6.59. The van der Waals surface area contributed by atoms with Crippen molar-refractivity contribution in [1.82, 2.24) is 29.9 Å². The van der Waals surface area contributed by atoms with Gasteiger partial charge in [0.1, 0.15) is 12.2 Å². The first kappa shape index (κ1) is 16.0. The molecule has 0 unspecified atom stereocenters. The van der Waals surface area contributed by atoms with Crippen LogP contribution in [0.1, 0.15) is 48.5 Å². The predicted molar refractivity (Wildman–Crippen MR) is 95.6 cm³/mol. The highest BCUT2D eigenvalue weighted by Crippen LogP contribution is 2.27. The van der Waals surface area contributed by atoms with Crippen molar-refractivity contribution >= 4 is 17.2 Å². The first-order valence-corrected chi connectivity index (χ1v) is 9.29.